The second-order valence-corrected chi connectivity index (χ2v) is 4.25. The molecule has 0 saturated heterocycles. The maximum Gasteiger partial charge on any atom is 0.246 e. The van der Waals surface area contributed by atoms with Gasteiger partial charge in [-0.05, 0) is 20.8 Å². The Bertz CT molecular complexity index is 301. The number of rotatable bonds is 4. The van der Waals surface area contributed by atoms with E-state index in [1.54, 1.807) is 12.5 Å². The molecule has 0 saturated carbocycles. The Morgan fingerprint density at radius 1 is 1.60 bits per heavy atom. The van der Waals surface area contributed by atoms with Gasteiger partial charge < -0.3 is 15.0 Å². The Hall–Kier alpha value is -1.36. The summed E-state index contributed by atoms with van der Waals surface area (Å²) in [6, 6.07) is 0. The van der Waals surface area contributed by atoms with Crippen LogP contribution in [0.3, 0.4) is 0 Å². The zero-order valence-electron chi connectivity index (χ0n) is 9.33. The molecule has 84 valence electrons. The SMILES string of the molecule is CC(C)(C)OCC(=O)NCc1cnc[nH]1. The van der Waals surface area contributed by atoms with Gasteiger partial charge in [0, 0.05) is 6.20 Å². The Balaban J connectivity index is 2.20. The van der Waals surface area contributed by atoms with Crippen LogP contribution in [0.25, 0.3) is 0 Å². The van der Waals surface area contributed by atoms with E-state index in [2.05, 4.69) is 15.3 Å². The van der Waals surface area contributed by atoms with Gasteiger partial charge in [-0.3, -0.25) is 4.79 Å². The third kappa shape index (κ3) is 5.17. The Morgan fingerprint density at radius 3 is 2.87 bits per heavy atom. The maximum atomic E-state index is 11.3. The molecule has 0 aromatic carbocycles. The second kappa shape index (κ2) is 4.93. The first kappa shape index (κ1) is 11.7. The lowest BCUT2D eigenvalue weighted by Gasteiger charge is -2.18. The lowest BCUT2D eigenvalue weighted by molar-refractivity contribution is -0.130. The van der Waals surface area contributed by atoms with E-state index < -0.39 is 0 Å². The molecule has 0 spiro atoms. The summed E-state index contributed by atoms with van der Waals surface area (Å²) in [5, 5.41) is 2.72. The number of H-pyrrole nitrogens is 1. The predicted octanol–water partition coefficient (Wildman–Crippen LogP) is 0.841. The second-order valence-electron chi connectivity index (χ2n) is 4.25. The molecular formula is C10H17N3O2. The normalized spacial score (nSPS) is 11.4. The van der Waals surface area contributed by atoms with Gasteiger partial charge in [0.25, 0.3) is 0 Å². The maximum absolute atomic E-state index is 11.3. The summed E-state index contributed by atoms with van der Waals surface area (Å²) < 4.78 is 5.32. The largest absolute Gasteiger partial charge is 0.366 e. The number of imidazole rings is 1. The molecule has 0 unspecified atom stereocenters. The Morgan fingerprint density at radius 2 is 2.33 bits per heavy atom. The van der Waals surface area contributed by atoms with Crippen LogP contribution in [0.1, 0.15) is 26.5 Å². The summed E-state index contributed by atoms with van der Waals surface area (Å²) in [4.78, 5) is 18.1. The zero-order chi connectivity index (χ0) is 11.3. The zero-order valence-corrected chi connectivity index (χ0v) is 9.33. The monoisotopic (exact) mass is 211 g/mol. The predicted molar refractivity (Wildman–Crippen MR) is 56.1 cm³/mol. The van der Waals surface area contributed by atoms with Crippen molar-refractivity contribution in [2.45, 2.75) is 32.9 Å². The van der Waals surface area contributed by atoms with Crippen molar-refractivity contribution in [3.63, 3.8) is 0 Å². The van der Waals surface area contributed by atoms with Crippen LogP contribution in [-0.2, 0) is 16.1 Å². The van der Waals surface area contributed by atoms with Crippen LogP contribution in [0.2, 0.25) is 0 Å². The smallest absolute Gasteiger partial charge is 0.246 e. The summed E-state index contributed by atoms with van der Waals surface area (Å²) in [6.45, 7) is 6.27. The molecule has 0 fully saturated rings. The van der Waals surface area contributed by atoms with Crippen molar-refractivity contribution in [2.75, 3.05) is 6.61 Å². The Labute approximate surface area is 89.2 Å². The van der Waals surface area contributed by atoms with Gasteiger partial charge in [-0.25, -0.2) is 4.98 Å². The molecule has 1 amide bonds. The highest BCUT2D eigenvalue weighted by Gasteiger charge is 2.12. The minimum absolute atomic E-state index is 0.0810. The fourth-order valence-corrected chi connectivity index (χ4v) is 0.908. The summed E-state index contributed by atoms with van der Waals surface area (Å²) >= 11 is 0. The minimum atomic E-state index is -0.286. The number of aromatic nitrogens is 2. The number of hydrogen-bond donors (Lipinski definition) is 2. The molecule has 0 aliphatic carbocycles. The number of carbonyl (C=O) groups is 1. The molecule has 5 heteroatoms. The lowest BCUT2D eigenvalue weighted by atomic mass is 10.2. The van der Waals surface area contributed by atoms with E-state index in [4.69, 9.17) is 4.74 Å². The standard InChI is InChI=1S/C10H17N3O2/c1-10(2,3)15-6-9(14)12-5-8-4-11-7-13-8/h4,7H,5-6H2,1-3H3,(H,11,13)(H,12,14). The van der Waals surface area contributed by atoms with E-state index >= 15 is 0 Å². The van der Waals surface area contributed by atoms with Crippen LogP contribution in [-0.4, -0.2) is 28.1 Å². The molecule has 1 heterocycles. The highest BCUT2D eigenvalue weighted by Crippen LogP contribution is 2.05. The highest BCUT2D eigenvalue weighted by atomic mass is 16.5. The van der Waals surface area contributed by atoms with E-state index in [0.717, 1.165) is 5.69 Å². The quantitative estimate of drug-likeness (QED) is 0.775. The van der Waals surface area contributed by atoms with E-state index in [1.807, 2.05) is 20.8 Å². The van der Waals surface area contributed by atoms with Crippen LogP contribution in [0.5, 0.6) is 0 Å². The molecule has 1 rings (SSSR count). The van der Waals surface area contributed by atoms with Crippen LogP contribution in [0, 0.1) is 0 Å². The number of carbonyl (C=O) groups excluding carboxylic acids is 1. The molecule has 0 aliphatic heterocycles. The molecular weight excluding hydrogens is 194 g/mol. The van der Waals surface area contributed by atoms with Gasteiger partial charge in [-0.15, -0.1) is 0 Å². The average Bonchev–Trinajstić information content (AvgIpc) is 2.62. The molecule has 1 aromatic rings. The van der Waals surface area contributed by atoms with Crippen molar-refractivity contribution in [2.24, 2.45) is 0 Å². The van der Waals surface area contributed by atoms with Gasteiger partial charge in [-0.1, -0.05) is 0 Å². The van der Waals surface area contributed by atoms with E-state index in [-0.39, 0.29) is 18.1 Å². The fourth-order valence-electron chi connectivity index (χ4n) is 0.908. The molecule has 0 atom stereocenters. The topological polar surface area (TPSA) is 67.0 Å². The van der Waals surface area contributed by atoms with Crippen LogP contribution in [0.4, 0.5) is 0 Å². The third-order valence-electron chi connectivity index (χ3n) is 1.67. The average molecular weight is 211 g/mol. The van der Waals surface area contributed by atoms with E-state index in [9.17, 15) is 4.79 Å². The fraction of sp³-hybridized carbons (Fsp3) is 0.600. The van der Waals surface area contributed by atoms with Crippen LogP contribution in [0.15, 0.2) is 12.5 Å². The summed E-state index contributed by atoms with van der Waals surface area (Å²) in [5.74, 6) is -0.125. The number of nitrogens with one attached hydrogen (secondary N) is 2. The van der Waals surface area contributed by atoms with Crippen molar-refractivity contribution >= 4 is 5.91 Å². The molecule has 1 aromatic heterocycles. The van der Waals surface area contributed by atoms with Crippen molar-refractivity contribution < 1.29 is 9.53 Å². The van der Waals surface area contributed by atoms with Crippen LogP contribution < -0.4 is 5.32 Å². The van der Waals surface area contributed by atoms with Gasteiger partial charge in [0.15, 0.2) is 0 Å². The van der Waals surface area contributed by atoms with Crippen molar-refractivity contribution in [1.82, 2.24) is 15.3 Å². The first-order chi connectivity index (χ1) is 6.97. The van der Waals surface area contributed by atoms with Gasteiger partial charge in [0.05, 0.1) is 24.2 Å². The first-order valence-electron chi connectivity index (χ1n) is 4.85. The third-order valence-corrected chi connectivity index (χ3v) is 1.67. The number of hydrogen-bond acceptors (Lipinski definition) is 3. The number of nitrogens with zero attached hydrogens (tertiary/aromatic N) is 1. The van der Waals surface area contributed by atoms with Gasteiger partial charge in [-0.2, -0.15) is 0 Å². The summed E-state index contributed by atoms with van der Waals surface area (Å²) in [7, 11) is 0. The van der Waals surface area contributed by atoms with Gasteiger partial charge in [0.2, 0.25) is 5.91 Å². The van der Waals surface area contributed by atoms with Crippen molar-refractivity contribution in [3.05, 3.63) is 18.2 Å². The molecule has 5 nitrogen and oxygen atoms in total. The first-order valence-corrected chi connectivity index (χ1v) is 4.85. The molecule has 15 heavy (non-hydrogen) atoms. The van der Waals surface area contributed by atoms with Gasteiger partial charge in [0.1, 0.15) is 6.61 Å². The highest BCUT2D eigenvalue weighted by molar-refractivity contribution is 5.77. The van der Waals surface area contributed by atoms with E-state index in [1.165, 1.54) is 0 Å². The molecule has 0 aliphatic rings. The van der Waals surface area contributed by atoms with Gasteiger partial charge >= 0.3 is 0 Å². The van der Waals surface area contributed by atoms with Crippen LogP contribution >= 0.6 is 0 Å². The lowest BCUT2D eigenvalue weighted by Crippen LogP contribution is -2.31. The van der Waals surface area contributed by atoms with E-state index in [0.29, 0.717) is 6.54 Å². The summed E-state index contributed by atoms with van der Waals surface area (Å²) in [6.07, 6.45) is 3.25. The minimum Gasteiger partial charge on any atom is -0.366 e. The summed E-state index contributed by atoms with van der Waals surface area (Å²) in [5.41, 5.74) is 0.588. The molecule has 2 N–H and O–H groups in total. The Kier molecular flexibility index (Phi) is 3.85. The number of amides is 1. The van der Waals surface area contributed by atoms with Crippen molar-refractivity contribution in [3.8, 4) is 0 Å². The number of ether oxygens (including phenoxy) is 1. The molecule has 0 radical (unpaired) electrons. The van der Waals surface area contributed by atoms with Crippen molar-refractivity contribution in [1.29, 1.82) is 0 Å². The number of aromatic amines is 1. The molecule has 0 bridgehead atoms.